The lowest BCUT2D eigenvalue weighted by molar-refractivity contribution is -0.113. The van der Waals surface area contributed by atoms with E-state index >= 15 is 0 Å². The molecular weight excluding hydrogens is 486 g/mol. The lowest BCUT2D eigenvalue weighted by Gasteiger charge is -2.18. The van der Waals surface area contributed by atoms with Gasteiger partial charge >= 0.3 is 5.97 Å². The molecule has 3 heterocycles. The Labute approximate surface area is 211 Å². The summed E-state index contributed by atoms with van der Waals surface area (Å²) < 4.78 is 5.33. The molecular formula is C25H29N3O3S3. The number of amides is 1. The third-order valence-corrected chi connectivity index (χ3v) is 9.81. The van der Waals surface area contributed by atoms with Crippen molar-refractivity contribution in [1.29, 1.82) is 0 Å². The molecule has 1 N–H and O–H groups in total. The van der Waals surface area contributed by atoms with Crippen molar-refractivity contribution in [1.82, 2.24) is 9.97 Å². The number of thiophene rings is 2. The molecule has 0 saturated carbocycles. The summed E-state index contributed by atoms with van der Waals surface area (Å²) >= 11 is 4.76. The number of thioether (sulfide) groups is 1. The SMILES string of the molecule is CCOC(=O)c1c(NC(=O)CSc2nc(C)nc3sc4c(c23)CCCC4)sc2c1CCC(C)C2. The summed E-state index contributed by atoms with van der Waals surface area (Å²) in [5.74, 6) is 1.09. The van der Waals surface area contributed by atoms with Crippen molar-refractivity contribution in [3.8, 4) is 0 Å². The van der Waals surface area contributed by atoms with E-state index in [0.29, 0.717) is 23.1 Å². The zero-order valence-corrected chi connectivity index (χ0v) is 22.2. The number of fused-ring (bicyclic) bond motifs is 4. The summed E-state index contributed by atoms with van der Waals surface area (Å²) in [5, 5.41) is 5.68. The van der Waals surface area contributed by atoms with Crippen molar-refractivity contribution in [2.24, 2.45) is 5.92 Å². The Morgan fingerprint density at radius 2 is 1.94 bits per heavy atom. The maximum atomic E-state index is 13.0. The molecule has 1 atom stereocenters. The van der Waals surface area contributed by atoms with E-state index in [1.807, 2.05) is 6.92 Å². The molecule has 0 aliphatic heterocycles. The van der Waals surface area contributed by atoms with E-state index in [2.05, 4.69) is 17.2 Å². The second-order valence-electron chi connectivity index (χ2n) is 9.08. The van der Waals surface area contributed by atoms with Crippen LogP contribution in [0.5, 0.6) is 0 Å². The van der Waals surface area contributed by atoms with Gasteiger partial charge in [0.15, 0.2) is 0 Å². The minimum atomic E-state index is -0.337. The van der Waals surface area contributed by atoms with E-state index in [9.17, 15) is 9.59 Å². The average molecular weight is 516 g/mol. The normalized spacial score (nSPS) is 17.3. The first-order chi connectivity index (χ1) is 16.4. The van der Waals surface area contributed by atoms with Crippen molar-refractivity contribution >= 4 is 61.5 Å². The lowest BCUT2D eigenvalue weighted by atomic mass is 9.88. The number of anilines is 1. The first-order valence-corrected chi connectivity index (χ1v) is 14.6. The Kier molecular flexibility index (Phi) is 6.95. The van der Waals surface area contributed by atoms with Gasteiger partial charge in [-0.1, -0.05) is 18.7 Å². The van der Waals surface area contributed by atoms with Crippen LogP contribution in [-0.2, 0) is 35.2 Å². The van der Waals surface area contributed by atoms with E-state index in [0.717, 1.165) is 58.7 Å². The molecule has 0 spiro atoms. The summed E-state index contributed by atoms with van der Waals surface area (Å²) in [7, 11) is 0. The molecule has 0 saturated heterocycles. The summed E-state index contributed by atoms with van der Waals surface area (Å²) in [4.78, 5) is 38.8. The van der Waals surface area contributed by atoms with Gasteiger partial charge in [0, 0.05) is 15.1 Å². The summed E-state index contributed by atoms with van der Waals surface area (Å²) in [6.45, 7) is 6.26. The second-order valence-corrected chi connectivity index (χ2v) is 12.2. The van der Waals surface area contributed by atoms with Gasteiger partial charge in [0.1, 0.15) is 20.7 Å². The molecule has 3 aromatic heterocycles. The van der Waals surface area contributed by atoms with Crippen LogP contribution in [0.4, 0.5) is 5.00 Å². The number of carbonyl (C=O) groups excluding carboxylic acids is 2. The number of aryl methyl sites for hydroxylation is 3. The highest BCUT2D eigenvalue weighted by molar-refractivity contribution is 8.00. The summed E-state index contributed by atoms with van der Waals surface area (Å²) in [6.07, 6.45) is 7.43. The van der Waals surface area contributed by atoms with Crippen molar-refractivity contribution in [2.45, 2.75) is 70.7 Å². The van der Waals surface area contributed by atoms with Crippen molar-refractivity contribution < 1.29 is 14.3 Å². The van der Waals surface area contributed by atoms with Crippen LogP contribution in [0.15, 0.2) is 5.03 Å². The van der Waals surface area contributed by atoms with Crippen molar-refractivity contribution in [3.63, 3.8) is 0 Å². The van der Waals surface area contributed by atoms with Crippen LogP contribution in [0.1, 0.15) is 70.2 Å². The second kappa shape index (κ2) is 9.95. The van der Waals surface area contributed by atoms with Gasteiger partial charge in [0.05, 0.1) is 17.9 Å². The predicted molar refractivity (Wildman–Crippen MR) is 140 cm³/mol. The van der Waals surface area contributed by atoms with Crippen LogP contribution in [0, 0.1) is 12.8 Å². The molecule has 1 amide bonds. The van der Waals surface area contributed by atoms with Gasteiger partial charge in [-0.25, -0.2) is 14.8 Å². The molecule has 0 radical (unpaired) electrons. The number of nitrogens with one attached hydrogen (secondary N) is 1. The Balaban J connectivity index is 1.37. The zero-order chi connectivity index (χ0) is 23.8. The standard InChI is InChI=1S/C25H29N3O3S3/c1-4-31-25(30)21-16-10-9-13(2)11-18(16)34-24(21)28-19(29)12-32-22-20-15-7-5-6-8-17(15)33-23(20)27-14(3)26-22/h13H,4-12H2,1-3H3,(H,28,29). The average Bonchev–Trinajstić information content (AvgIpc) is 3.34. The predicted octanol–water partition coefficient (Wildman–Crippen LogP) is 5.97. The summed E-state index contributed by atoms with van der Waals surface area (Å²) in [5.41, 5.74) is 2.99. The van der Waals surface area contributed by atoms with Gasteiger partial charge in [-0.2, -0.15) is 0 Å². The molecule has 2 aliphatic carbocycles. The maximum Gasteiger partial charge on any atom is 0.341 e. The minimum Gasteiger partial charge on any atom is -0.462 e. The highest BCUT2D eigenvalue weighted by Gasteiger charge is 2.29. The Bertz CT molecular complexity index is 1260. The fraction of sp³-hybridized carbons (Fsp3) is 0.520. The number of rotatable bonds is 6. The van der Waals surface area contributed by atoms with Crippen molar-refractivity contribution in [3.05, 3.63) is 32.3 Å². The number of carbonyl (C=O) groups is 2. The fourth-order valence-electron chi connectivity index (χ4n) is 4.88. The molecule has 5 rings (SSSR count). The third-order valence-electron chi connectivity index (χ3n) is 6.48. The molecule has 0 fully saturated rings. The Hall–Kier alpha value is -1.97. The Morgan fingerprint density at radius 3 is 2.76 bits per heavy atom. The first kappa shape index (κ1) is 23.8. The molecule has 0 bridgehead atoms. The number of aromatic nitrogens is 2. The van der Waals surface area contributed by atoms with Crippen LogP contribution in [0.25, 0.3) is 10.2 Å². The molecule has 2 aliphatic rings. The smallest absolute Gasteiger partial charge is 0.341 e. The Morgan fingerprint density at radius 1 is 1.12 bits per heavy atom. The first-order valence-electron chi connectivity index (χ1n) is 12.0. The van der Waals surface area contributed by atoms with Crippen molar-refractivity contribution in [2.75, 3.05) is 17.7 Å². The quantitative estimate of drug-likeness (QED) is 0.247. The number of hydrogen-bond acceptors (Lipinski definition) is 8. The fourth-order valence-corrected chi connectivity index (χ4v) is 8.57. The van der Waals surface area contributed by atoms with Crippen LogP contribution in [0.2, 0.25) is 0 Å². The monoisotopic (exact) mass is 515 g/mol. The molecule has 0 aromatic carbocycles. The maximum absolute atomic E-state index is 13.0. The third kappa shape index (κ3) is 4.62. The van der Waals surface area contributed by atoms with E-state index in [-0.39, 0.29) is 17.6 Å². The molecule has 34 heavy (non-hydrogen) atoms. The largest absolute Gasteiger partial charge is 0.462 e. The highest BCUT2D eigenvalue weighted by Crippen LogP contribution is 2.41. The minimum absolute atomic E-state index is 0.129. The number of esters is 1. The van der Waals surface area contributed by atoms with E-state index in [1.165, 1.54) is 51.3 Å². The van der Waals surface area contributed by atoms with E-state index in [1.54, 1.807) is 18.3 Å². The molecule has 6 nitrogen and oxygen atoms in total. The number of nitrogens with zero attached hydrogens (tertiary/aromatic N) is 2. The molecule has 180 valence electrons. The number of hydrogen-bond donors (Lipinski definition) is 1. The van der Waals surface area contributed by atoms with Gasteiger partial charge in [-0.15, -0.1) is 22.7 Å². The van der Waals surface area contributed by atoms with Gasteiger partial charge in [-0.05, 0) is 75.8 Å². The molecule has 9 heteroatoms. The van der Waals surface area contributed by atoms with Crippen LogP contribution >= 0.6 is 34.4 Å². The summed E-state index contributed by atoms with van der Waals surface area (Å²) in [6, 6.07) is 0. The van der Waals surface area contributed by atoms with E-state index in [4.69, 9.17) is 9.72 Å². The molecule has 1 unspecified atom stereocenters. The number of ether oxygens (including phenoxy) is 1. The van der Waals surface area contributed by atoms with Crippen LogP contribution in [0.3, 0.4) is 0 Å². The van der Waals surface area contributed by atoms with Crippen LogP contribution in [-0.4, -0.2) is 34.2 Å². The van der Waals surface area contributed by atoms with E-state index < -0.39 is 0 Å². The van der Waals surface area contributed by atoms with Gasteiger partial charge in [0.2, 0.25) is 5.91 Å². The zero-order valence-electron chi connectivity index (χ0n) is 19.8. The van der Waals surface area contributed by atoms with Gasteiger partial charge in [-0.3, -0.25) is 4.79 Å². The van der Waals surface area contributed by atoms with Gasteiger partial charge < -0.3 is 10.1 Å². The van der Waals surface area contributed by atoms with Gasteiger partial charge in [0.25, 0.3) is 0 Å². The highest BCUT2D eigenvalue weighted by atomic mass is 32.2. The molecule has 3 aromatic rings. The van der Waals surface area contributed by atoms with Crippen LogP contribution < -0.4 is 5.32 Å². The lowest BCUT2D eigenvalue weighted by Crippen LogP contribution is -2.17. The topological polar surface area (TPSA) is 81.2 Å².